The van der Waals surface area contributed by atoms with Crippen molar-refractivity contribution in [1.82, 2.24) is 0 Å². The third-order valence-electron chi connectivity index (χ3n) is 1.67. The lowest BCUT2D eigenvalue weighted by Crippen LogP contribution is -2.05. The number of alkyl halides is 3. The van der Waals surface area contributed by atoms with Gasteiger partial charge in [0.1, 0.15) is 0 Å². The fraction of sp³-hybridized carbons (Fsp3) is 1.00. The predicted molar refractivity (Wildman–Crippen MR) is 41.3 cm³/mol. The molecule has 1 fully saturated rings. The van der Waals surface area contributed by atoms with Gasteiger partial charge in [-0.25, -0.2) is 4.39 Å². The zero-order valence-corrected chi connectivity index (χ0v) is 7.46. The molecule has 3 heteroatoms. The van der Waals surface area contributed by atoms with Crippen LogP contribution in [-0.2, 0) is 0 Å². The first-order chi connectivity index (χ1) is 3.52. The molecule has 2 atom stereocenters. The molecule has 0 spiro atoms. The van der Waals surface area contributed by atoms with Crippen LogP contribution < -0.4 is 0 Å². The van der Waals surface area contributed by atoms with Crippen molar-refractivity contribution in [3.8, 4) is 0 Å². The summed E-state index contributed by atoms with van der Waals surface area (Å²) < 4.78 is 13.4. The van der Waals surface area contributed by atoms with Crippen molar-refractivity contribution in [1.29, 1.82) is 0 Å². The molecule has 1 aliphatic rings. The SMILES string of the molecule is CC1(CI)CC1(F)Cl. The molecule has 2 unspecified atom stereocenters. The third kappa shape index (κ3) is 0.856. The van der Waals surface area contributed by atoms with Gasteiger partial charge < -0.3 is 0 Å². The summed E-state index contributed by atoms with van der Waals surface area (Å²) in [6.45, 7) is 1.87. The Morgan fingerprint density at radius 3 is 2.25 bits per heavy atom. The Morgan fingerprint density at radius 2 is 2.25 bits per heavy atom. The molecular weight excluding hydrogens is 241 g/mol. The average Bonchev–Trinajstić information content (AvgIpc) is 2.10. The highest BCUT2D eigenvalue weighted by Crippen LogP contribution is 2.62. The molecule has 0 nitrogen and oxygen atoms in total. The molecular formula is C5H7ClFI. The van der Waals surface area contributed by atoms with Gasteiger partial charge in [0.2, 0.25) is 0 Å². The Kier molecular flexibility index (Phi) is 1.52. The van der Waals surface area contributed by atoms with Crippen LogP contribution >= 0.6 is 34.2 Å². The smallest absolute Gasteiger partial charge is 0.190 e. The quantitative estimate of drug-likeness (QED) is 0.494. The number of rotatable bonds is 1. The van der Waals surface area contributed by atoms with Crippen molar-refractivity contribution >= 4 is 34.2 Å². The van der Waals surface area contributed by atoms with Gasteiger partial charge in [-0.1, -0.05) is 41.1 Å². The number of hydrogen-bond acceptors (Lipinski definition) is 0. The second kappa shape index (κ2) is 1.72. The minimum absolute atomic E-state index is 0.227. The fourth-order valence-corrected chi connectivity index (χ4v) is 2.05. The van der Waals surface area contributed by atoms with Crippen molar-refractivity contribution in [3.05, 3.63) is 0 Å². The van der Waals surface area contributed by atoms with E-state index in [1.165, 1.54) is 0 Å². The second-order valence-corrected chi connectivity index (χ2v) is 3.94. The van der Waals surface area contributed by atoms with E-state index in [-0.39, 0.29) is 5.41 Å². The van der Waals surface area contributed by atoms with E-state index in [4.69, 9.17) is 11.6 Å². The van der Waals surface area contributed by atoms with E-state index < -0.39 is 5.13 Å². The summed E-state index contributed by atoms with van der Waals surface area (Å²) in [4.78, 5) is 0. The van der Waals surface area contributed by atoms with Gasteiger partial charge in [0, 0.05) is 16.3 Å². The van der Waals surface area contributed by atoms with E-state index in [2.05, 4.69) is 22.6 Å². The predicted octanol–water partition coefficient (Wildman–Crippen LogP) is 2.74. The molecule has 0 saturated heterocycles. The highest BCUT2D eigenvalue weighted by atomic mass is 127. The van der Waals surface area contributed by atoms with Gasteiger partial charge in [0.05, 0.1) is 0 Å². The molecule has 0 heterocycles. The van der Waals surface area contributed by atoms with Crippen molar-refractivity contribution in [2.75, 3.05) is 4.43 Å². The topological polar surface area (TPSA) is 0 Å². The summed E-state index contributed by atoms with van der Waals surface area (Å²) in [7, 11) is 0. The monoisotopic (exact) mass is 248 g/mol. The zero-order valence-electron chi connectivity index (χ0n) is 4.55. The molecule has 0 aromatic heterocycles. The zero-order chi connectivity index (χ0) is 6.41. The van der Waals surface area contributed by atoms with E-state index in [0.717, 1.165) is 4.43 Å². The first-order valence-electron chi connectivity index (χ1n) is 2.46. The minimum atomic E-state index is -1.38. The van der Waals surface area contributed by atoms with Gasteiger partial charge in [-0.05, 0) is 0 Å². The van der Waals surface area contributed by atoms with Crippen LogP contribution in [0.5, 0.6) is 0 Å². The molecule has 8 heavy (non-hydrogen) atoms. The molecule has 1 saturated carbocycles. The Morgan fingerprint density at radius 1 is 1.88 bits per heavy atom. The van der Waals surface area contributed by atoms with Crippen molar-refractivity contribution in [3.63, 3.8) is 0 Å². The molecule has 48 valence electrons. The Hall–Kier alpha value is 0.950. The van der Waals surface area contributed by atoms with E-state index in [1.54, 1.807) is 0 Å². The van der Waals surface area contributed by atoms with Crippen LogP contribution in [0.2, 0.25) is 0 Å². The van der Waals surface area contributed by atoms with Crippen LogP contribution in [-0.4, -0.2) is 9.56 Å². The molecule has 0 N–H and O–H groups in total. The summed E-state index contributed by atoms with van der Waals surface area (Å²) in [6, 6.07) is 0. The summed E-state index contributed by atoms with van der Waals surface area (Å²) >= 11 is 7.53. The Labute approximate surface area is 66.9 Å². The Balaban J connectivity index is 2.55. The maximum atomic E-state index is 12.6. The van der Waals surface area contributed by atoms with Crippen molar-refractivity contribution in [2.45, 2.75) is 18.5 Å². The summed E-state index contributed by atoms with van der Waals surface area (Å²) in [5.74, 6) is 0. The maximum absolute atomic E-state index is 12.6. The third-order valence-corrected chi connectivity index (χ3v) is 3.94. The van der Waals surface area contributed by atoms with Gasteiger partial charge in [0.15, 0.2) is 5.13 Å². The van der Waals surface area contributed by atoms with Gasteiger partial charge in [-0.15, -0.1) is 0 Å². The van der Waals surface area contributed by atoms with E-state index in [1.807, 2.05) is 6.92 Å². The number of halogens is 3. The van der Waals surface area contributed by atoms with Crippen molar-refractivity contribution < 1.29 is 4.39 Å². The molecule has 0 bridgehead atoms. The van der Waals surface area contributed by atoms with E-state index in [9.17, 15) is 4.39 Å². The maximum Gasteiger partial charge on any atom is 0.190 e. The van der Waals surface area contributed by atoms with Crippen LogP contribution in [0.15, 0.2) is 0 Å². The van der Waals surface area contributed by atoms with Gasteiger partial charge in [-0.3, -0.25) is 0 Å². The van der Waals surface area contributed by atoms with Crippen LogP contribution in [0.25, 0.3) is 0 Å². The lowest BCUT2D eigenvalue weighted by atomic mass is 10.2. The average molecular weight is 248 g/mol. The summed E-state index contributed by atoms with van der Waals surface area (Å²) in [6.07, 6.45) is 0.518. The first kappa shape index (κ1) is 7.06. The van der Waals surface area contributed by atoms with Gasteiger partial charge >= 0.3 is 0 Å². The first-order valence-corrected chi connectivity index (χ1v) is 4.36. The Bertz CT molecular complexity index is 115. The van der Waals surface area contributed by atoms with Crippen LogP contribution in [0.4, 0.5) is 4.39 Å². The largest absolute Gasteiger partial charge is 0.226 e. The molecule has 1 aliphatic carbocycles. The lowest BCUT2D eigenvalue weighted by Gasteiger charge is -2.02. The summed E-state index contributed by atoms with van der Waals surface area (Å²) in [5, 5.41) is -1.38. The molecule has 0 radical (unpaired) electrons. The normalized spacial score (nSPS) is 54.0. The minimum Gasteiger partial charge on any atom is -0.226 e. The van der Waals surface area contributed by atoms with Crippen LogP contribution in [0.1, 0.15) is 13.3 Å². The summed E-state index contributed by atoms with van der Waals surface area (Å²) in [5.41, 5.74) is -0.227. The second-order valence-electron chi connectivity index (χ2n) is 2.58. The molecule has 0 aromatic carbocycles. The highest BCUT2D eigenvalue weighted by molar-refractivity contribution is 14.1. The standard InChI is InChI=1S/C5H7ClFI/c1-4(3-8)2-5(4,6)7/h2-3H2,1H3. The fourth-order valence-electron chi connectivity index (χ4n) is 0.591. The van der Waals surface area contributed by atoms with Crippen LogP contribution in [0, 0.1) is 5.41 Å². The highest BCUT2D eigenvalue weighted by Gasteiger charge is 2.64. The van der Waals surface area contributed by atoms with Crippen molar-refractivity contribution in [2.24, 2.45) is 5.41 Å². The number of hydrogen-bond donors (Lipinski definition) is 0. The van der Waals surface area contributed by atoms with E-state index in [0.29, 0.717) is 6.42 Å². The molecule has 0 amide bonds. The van der Waals surface area contributed by atoms with E-state index >= 15 is 0 Å². The molecule has 0 aromatic rings. The lowest BCUT2D eigenvalue weighted by molar-refractivity contribution is 0.356. The van der Waals surface area contributed by atoms with Crippen LogP contribution in [0.3, 0.4) is 0 Å². The molecule has 0 aliphatic heterocycles. The van der Waals surface area contributed by atoms with Gasteiger partial charge in [0.25, 0.3) is 0 Å². The molecule has 1 rings (SSSR count). The van der Waals surface area contributed by atoms with Gasteiger partial charge in [-0.2, -0.15) is 0 Å².